The van der Waals surface area contributed by atoms with Crippen molar-refractivity contribution in [3.8, 4) is 11.3 Å². The molecule has 0 saturated carbocycles. The Labute approximate surface area is 312 Å². The molecule has 278 valence electrons. The molecular formula is C41H43F2N9O2. The number of benzene rings is 2. The molecule has 5 aromatic rings. The predicted molar refractivity (Wildman–Crippen MR) is 200 cm³/mol. The Morgan fingerprint density at radius 3 is 2.56 bits per heavy atom. The van der Waals surface area contributed by atoms with Gasteiger partial charge in [0, 0.05) is 69.6 Å². The lowest BCUT2D eigenvalue weighted by Gasteiger charge is -2.37. The minimum atomic E-state index is -0.578. The van der Waals surface area contributed by atoms with Crippen LogP contribution in [-0.4, -0.2) is 80.0 Å². The number of hydrogen-bond donors (Lipinski definition) is 1. The highest BCUT2D eigenvalue weighted by atomic mass is 19.1. The van der Waals surface area contributed by atoms with E-state index in [-0.39, 0.29) is 23.9 Å². The van der Waals surface area contributed by atoms with Crippen molar-refractivity contribution in [2.45, 2.75) is 76.3 Å². The molecule has 3 saturated heterocycles. The number of fused-ring (bicyclic) bond motifs is 2. The smallest absolute Gasteiger partial charge is 0.243 e. The van der Waals surface area contributed by atoms with E-state index in [4.69, 9.17) is 9.97 Å². The first-order valence-electron chi connectivity index (χ1n) is 18.9. The van der Waals surface area contributed by atoms with Gasteiger partial charge in [-0.15, -0.1) is 0 Å². The fourth-order valence-electron chi connectivity index (χ4n) is 8.86. The van der Waals surface area contributed by atoms with Crippen molar-refractivity contribution in [1.82, 2.24) is 34.7 Å². The predicted octanol–water partition coefficient (Wildman–Crippen LogP) is 5.63. The first kappa shape index (κ1) is 34.5. The first-order valence-corrected chi connectivity index (χ1v) is 18.9. The van der Waals surface area contributed by atoms with Crippen LogP contribution in [0.15, 0.2) is 73.1 Å². The van der Waals surface area contributed by atoms with E-state index in [1.807, 2.05) is 24.4 Å². The molecule has 3 fully saturated rings. The Bertz CT molecular complexity index is 2240. The molecule has 1 N–H and O–H groups in total. The maximum Gasteiger partial charge on any atom is 0.243 e. The Morgan fingerprint density at radius 1 is 0.870 bits per heavy atom. The van der Waals surface area contributed by atoms with E-state index >= 15 is 0 Å². The van der Waals surface area contributed by atoms with Crippen molar-refractivity contribution >= 4 is 29.1 Å². The van der Waals surface area contributed by atoms with Gasteiger partial charge in [0.2, 0.25) is 11.8 Å². The number of rotatable bonds is 8. The van der Waals surface area contributed by atoms with Crippen LogP contribution in [0.4, 0.5) is 20.4 Å². The molecule has 0 aliphatic carbocycles. The molecule has 4 aliphatic heterocycles. The van der Waals surface area contributed by atoms with Crippen LogP contribution >= 0.6 is 0 Å². The van der Waals surface area contributed by atoms with Crippen LogP contribution in [0, 0.1) is 11.6 Å². The minimum absolute atomic E-state index is 0.176. The van der Waals surface area contributed by atoms with Gasteiger partial charge in [0.25, 0.3) is 0 Å². The van der Waals surface area contributed by atoms with Crippen LogP contribution in [0.2, 0.25) is 0 Å². The van der Waals surface area contributed by atoms with Crippen LogP contribution in [0.25, 0.3) is 16.9 Å². The zero-order valence-corrected chi connectivity index (χ0v) is 30.3. The summed E-state index contributed by atoms with van der Waals surface area (Å²) in [6.45, 7) is 4.83. The van der Waals surface area contributed by atoms with Crippen LogP contribution < -0.4 is 15.1 Å². The Morgan fingerprint density at radius 2 is 1.72 bits per heavy atom. The van der Waals surface area contributed by atoms with Gasteiger partial charge in [-0.2, -0.15) is 5.10 Å². The van der Waals surface area contributed by atoms with Gasteiger partial charge in [-0.1, -0.05) is 30.3 Å². The lowest BCUT2D eigenvalue weighted by Crippen LogP contribution is -2.50. The summed E-state index contributed by atoms with van der Waals surface area (Å²) in [7, 11) is 2.20. The number of anilines is 2. The average molecular weight is 732 g/mol. The lowest BCUT2D eigenvalue weighted by molar-refractivity contribution is -0.137. The number of carbonyl (C=O) groups excluding carboxylic acids is 2. The number of nitrogens with one attached hydrogen (secondary N) is 1. The molecule has 0 radical (unpaired) electrons. The van der Waals surface area contributed by atoms with E-state index in [0.29, 0.717) is 30.1 Å². The summed E-state index contributed by atoms with van der Waals surface area (Å²) < 4.78 is 30.2. The van der Waals surface area contributed by atoms with Gasteiger partial charge in [0.1, 0.15) is 23.3 Å². The number of nitrogens with zero attached hydrogens (tertiary/aromatic N) is 8. The standard InChI is InChI=1S/C41H43F2N9O2/c1-48(23-26-7-8-27-24-50(25-28(27)20-26)36-11-12-39(53)47-41(36)54)30-13-17-49(18-14-30)37-6-2-4-34(45-37)32-22-44-52-19-15-38(46-40(32)52)51-16-3-5-35(51)31-10-9-29(42)21-33(31)43/h2,4,6-10,15,19-22,30,35-36H,3,5,11-14,16-18,23-25H2,1H3,(H,47,53,54)/t35-,36?/m1/s1. The molecule has 0 bridgehead atoms. The van der Waals surface area contributed by atoms with Gasteiger partial charge in [-0.3, -0.25) is 24.7 Å². The molecule has 13 heteroatoms. The highest BCUT2D eigenvalue weighted by molar-refractivity contribution is 6.00. The Kier molecular flexibility index (Phi) is 9.06. The third kappa shape index (κ3) is 6.59. The Hall–Kier alpha value is -5.27. The van der Waals surface area contributed by atoms with Crippen LogP contribution in [0.5, 0.6) is 0 Å². The molecule has 9 rings (SSSR count). The molecule has 11 nitrogen and oxygen atoms in total. The highest BCUT2D eigenvalue weighted by Gasteiger charge is 2.35. The SMILES string of the molecule is CN(Cc1ccc2c(c1)CN(C1CCC(=O)NC1=O)C2)C1CCN(c2cccc(-c3cnn4ccc(N5CCC[C@@H]5c5ccc(F)cc5F)nc34)n2)CC1. The monoisotopic (exact) mass is 731 g/mol. The van der Waals surface area contributed by atoms with Crippen molar-refractivity contribution in [1.29, 1.82) is 0 Å². The van der Waals surface area contributed by atoms with Crippen molar-refractivity contribution in [3.63, 3.8) is 0 Å². The largest absolute Gasteiger partial charge is 0.356 e. The van der Waals surface area contributed by atoms with Gasteiger partial charge in [-0.05, 0) is 80.1 Å². The number of aromatic nitrogens is 4. The fraction of sp³-hybridized carbons (Fsp3) is 0.390. The van der Waals surface area contributed by atoms with E-state index in [2.05, 4.69) is 61.3 Å². The Balaban J connectivity index is 0.845. The van der Waals surface area contributed by atoms with E-state index in [9.17, 15) is 18.4 Å². The molecule has 4 aliphatic rings. The van der Waals surface area contributed by atoms with Crippen LogP contribution in [0.1, 0.15) is 66.8 Å². The number of hydrogen-bond acceptors (Lipinski definition) is 9. The van der Waals surface area contributed by atoms with Gasteiger partial charge < -0.3 is 9.80 Å². The van der Waals surface area contributed by atoms with Crippen molar-refractivity contribution < 1.29 is 18.4 Å². The van der Waals surface area contributed by atoms with E-state index in [1.165, 1.54) is 22.8 Å². The number of amides is 2. The molecule has 1 unspecified atom stereocenters. The van der Waals surface area contributed by atoms with Crippen LogP contribution in [-0.2, 0) is 29.2 Å². The quantitative estimate of drug-likeness (QED) is 0.204. The van der Waals surface area contributed by atoms with E-state index in [1.54, 1.807) is 16.8 Å². The van der Waals surface area contributed by atoms with Crippen molar-refractivity contribution in [2.75, 3.05) is 36.5 Å². The maximum atomic E-state index is 14.8. The second-order valence-corrected chi connectivity index (χ2v) is 15.1. The third-order valence-corrected chi connectivity index (χ3v) is 11.7. The molecule has 3 aromatic heterocycles. The second-order valence-electron chi connectivity index (χ2n) is 15.1. The number of carbonyl (C=O) groups is 2. The molecule has 0 spiro atoms. The zero-order valence-electron chi connectivity index (χ0n) is 30.3. The molecular weight excluding hydrogens is 689 g/mol. The topological polar surface area (TPSA) is 102 Å². The van der Waals surface area contributed by atoms with Crippen molar-refractivity contribution in [3.05, 3.63) is 107 Å². The highest BCUT2D eigenvalue weighted by Crippen LogP contribution is 2.37. The molecule has 7 heterocycles. The summed E-state index contributed by atoms with van der Waals surface area (Å²) in [5.41, 5.74) is 6.58. The van der Waals surface area contributed by atoms with E-state index < -0.39 is 11.6 Å². The summed E-state index contributed by atoms with van der Waals surface area (Å²) >= 11 is 0. The number of halogens is 2. The van der Waals surface area contributed by atoms with Gasteiger partial charge in [-0.25, -0.2) is 23.3 Å². The summed E-state index contributed by atoms with van der Waals surface area (Å²) in [6.07, 6.45) is 8.33. The molecule has 2 aromatic carbocycles. The normalized spacial score (nSPS) is 21.0. The number of piperidine rings is 2. The first-order chi connectivity index (χ1) is 26.3. The fourth-order valence-corrected chi connectivity index (χ4v) is 8.86. The van der Waals surface area contributed by atoms with Gasteiger partial charge >= 0.3 is 0 Å². The average Bonchev–Trinajstić information content (AvgIpc) is 3.93. The second kappa shape index (κ2) is 14.2. The van der Waals surface area contributed by atoms with Gasteiger partial charge in [0.15, 0.2) is 5.65 Å². The molecule has 54 heavy (non-hydrogen) atoms. The van der Waals surface area contributed by atoms with Gasteiger partial charge in [0.05, 0.1) is 29.5 Å². The maximum absolute atomic E-state index is 14.8. The number of pyridine rings is 1. The molecule has 2 amide bonds. The van der Waals surface area contributed by atoms with Crippen molar-refractivity contribution in [2.24, 2.45) is 0 Å². The summed E-state index contributed by atoms with van der Waals surface area (Å²) in [5, 5.41) is 7.06. The lowest BCUT2D eigenvalue weighted by atomic mass is 10.0. The summed E-state index contributed by atoms with van der Waals surface area (Å²) in [6, 6.07) is 18.5. The molecule has 2 atom stereocenters. The van der Waals surface area contributed by atoms with E-state index in [0.717, 1.165) is 93.9 Å². The zero-order chi connectivity index (χ0) is 36.9. The third-order valence-electron chi connectivity index (χ3n) is 11.7. The number of imide groups is 1. The minimum Gasteiger partial charge on any atom is -0.356 e. The summed E-state index contributed by atoms with van der Waals surface area (Å²) in [4.78, 5) is 43.3. The van der Waals surface area contributed by atoms with Crippen LogP contribution in [0.3, 0.4) is 0 Å². The summed E-state index contributed by atoms with van der Waals surface area (Å²) in [5.74, 6) is 0.189.